The van der Waals surface area contributed by atoms with E-state index in [1.807, 2.05) is 0 Å². The van der Waals surface area contributed by atoms with Crippen molar-refractivity contribution in [3.63, 3.8) is 0 Å². The van der Waals surface area contributed by atoms with Crippen LogP contribution in [0.5, 0.6) is 0 Å². The second-order valence-corrected chi connectivity index (χ2v) is 3.93. The third kappa shape index (κ3) is 2.76. The highest BCUT2D eigenvalue weighted by molar-refractivity contribution is 5.89. The van der Waals surface area contributed by atoms with Crippen molar-refractivity contribution in [3.8, 4) is 11.1 Å². The number of rotatable bonds is 2. The molecule has 2 rings (SSSR count). The molecule has 0 bridgehead atoms. The second-order valence-electron chi connectivity index (χ2n) is 3.93. The summed E-state index contributed by atoms with van der Waals surface area (Å²) < 4.78 is 38.6. The van der Waals surface area contributed by atoms with Crippen molar-refractivity contribution in [1.82, 2.24) is 0 Å². The Bertz CT molecular complexity index is 618. The minimum atomic E-state index is -4.48. The summed E-state index contributed by atoms with van der Waals surface area (Å²) in [6, 6.07) is 10.5. The molecule has 5 heteroatoms. The van der Waals surface area contributed by atoms with E-state index in [1.54, 1.807) is 0 Å². The maximum atomic E-state index is 12.9. The smallest absolute Gasteiger partial charge is 0.417 e. The highest BCUT2D eigenvalue weighted by atomic mass is 19.4. The van der Waals surface area contributed by atoms with Gasteiger partial charge >= 0.3 is 12.1 Å². The Labute approximate surface area is 107 Å². The Morgan fingerprint density at radius 1 is 1.00 bits per heavy atom. The molecular formula is C14H9F3O2. The average molecular weight is 266 g/mol. The minimum Gasteiger partial charge on any atom is -0.478 e. The van der Waals surface area contributed by atoms with Crippen molar-refractivity contribution in [2.24, 2.45) is 0 Å². The van der Waals surface area contributed by atoms with Gasteiger partial charge in [0.05, 0.1) is 11.1 Å². The molecule has 0 aliphatic heterocycles. The number of carboxylic acids is 1. The van der Waals surface area contributed by atoms with Crippen LogP contribution in [0.25, 0.3) is 11.1 Å². The highest BCUT2D eigenvalue weighted by Crippen LogP contribution is 2.36. The van der Waals surface area contributed by atoms with Crippen molar-refractivity contribution in [3.05, 3.63) is 59.7 Å². The van der Waals surface area contributed by atoms with Crippen molar-refractivity contribution >= 4 is 5.97 Å². The number of hydrogen-bond acceptors (Lipinski definition) is 1. The Morgan fingerprint density at radius 2 is 1.68 bits per heavy atom. The summed E-state index contributed by atoms with van der Waals surface area (Å²) in [5, 5.41) is 8.86. The number of halogens is 3. The molecule has 0 unspecified atom stereocenters. The zero-order chi connectivity index (χ0) is 14.0. The van der Waals surface area contributed by atoms with Gasteiger partial charge in [-0.15, -0.1) is 0 Å². The van der Waals surface area contributed by atoms with Crippen LogP contribution in [-0.4, -0.2) is 11.1 Å². The highest BCUT2D eigenvalue weighted by Gasteiger charge is 2.33. The van der Waals surface area contributed by atoms with E-state index in [9.17, 15) is 18.0 Å². The number of aromatic carboxylic acids is 1. The van der Waals surface area contributed by atoms with Crippen LogP contribution in [-0.2, 0) is 6.18 Å². The first kappa shape index (κ1) is 13.1. The van der Waals surface area contributed by atoms with Gasteiger partial charge in [0.15, 0.2) is 0 Å². The summed E-state index contributed by atoms with van der Waals surface area (Å²) in [5.41, 5.74) is -0.627. The molecule has 19 heavy (non-hydrogen) atoms. The third-order valence-corrected chi connectivity index (χ3v) is 2.65. The number of alkyl halides is 3. The molecule has 2 aromatic carbocycles. The van der Waals surface area contributed by atoms with Crippen LogP contribution in [0.1, 0.15) is 15.9 Å². The molecule has 0 saturated heterocycles. The minimum absolute atomic E-state index is 0.0295. The summed E-state index contributed by atoms with van der Waals surface area (Å²) in [7, 11) is 0. The lowest BCUT2D eigenvalue weighted by Crippen LogP contribution is -2.07. The number of carbonyl (C=O) groups is 1. The zero-order valence-electron chi connectivity index (χ0n) is 9.61. The van der Waals surface area contributed by atoms with Crippen molar-refractivity contribution in [2.45, 2.75) is 6.18 Å². The van der Waals surface area contributed by atoms with Gasteiger partial charge in [-0.1, -0.05) is 30.3 Å². The molecule has 0 spiro atoms. The monoisotopic (exact) mass is 266 g/mol. The summed E-state index contributed by atoms with van der Waals surface area (Å²) in [4.78, 5) is 10.8. The molecule has 0 saturated carbocycles. The van der Waals surface area contributed by atoms with Gasteiger partial charge < -0.3 is 5.11 Å². The van der Waals surface area contributed by atoms with Gasteiger partial charge in [-0.3, -0.25) is 0 Å². The van der Waals surface area contributed by atoms with Crippen LogP contribution in [0, 0.1) is 0 Å². The molecule has 98 valence electrons. The molecule has 1 N–H and O–H groups in total. The fourth-order valence-electron chi connectivity index (χ4n) is 1.80. The van der Waals surface area contributed by atoms with Crippen LogP contribution in [0.15, 0.2) is 48.5 Å². The Hall–Kier alpha value is -2.30. The Balaban J connectivity index is 2.60. The van der Waals surface area contributed by atoms with Crippen LogP contribution >= 0.6 is 0 Å². The third-order valence-electron chi connectivity index (χ3n) is 2.65. The van der Waals surface area contributed by atoms with E-state index in [4.69, 9.17) is 5.11 Å². The van der Waals surface area contributed by atoms with Crippen LogP contribution in [0.4, 0.5) is 13.2 Å². The molecule has 0 fully saturated rings. The Kier molecular flexibility index (Phi) is 3.29. The average Bonchev–Trinajstić information content (AvgIpc) is 2.38. The first-order chi connectivity index (χ1) is 8.89. The van der Waals surface area contributed by atoms with Crippen molar-refractivity contribution in [1.29, 1.82) is 0 Å². The predicted octanol–water partition coefficient (Wildman–Crippen LogP) is 4.07. The van der Waals surface area contributed by atoms with Crippen LogP contribution < -0.4 is 0 Å². The molecular weight excluding hydrogens is 257 g/mol. The Morgan fingerprint density at radius 3 is 2.32 bits per heavy atom. The second kappa shape index (κ2) is 4.76. The van der Waals surface area contributed by atoms with Crippen LogP contribution in [0.3, 0.4) is 0 Å². The first-order valence-electron chi connectivity index (χ1n) is 5.39. The number of carboxylic acid groups (broad SMARTS) is 1. The zero-order valence-corrected chi connectivity index (χ0v) is 9.61. The fraction of sp³-hybridized carbons (Fsp3) is 0.0714. The largest absolute Gasteiger partial charge is 0.478 e. The molecule has 0 aromatic heterocycles. The van der Waals surface area contributed by atoms with Gasteiger partial charge in [0.25, 0.3) is 0 Å². The lowest BCUT2D eigenvalue weighted by Gasteiger charge is -2.13. The number of benzene rings is 2. The molecule has 2 aromatic rings. The van der Waals surface area contributed by atoms with Crippen LogP contribution in [0.2, 0.25) is 0 Å². The van der Waals surface area contributed by atoms with Crippen molar-refractivity contribution < 1.29 is 23.1 Å². The maximum absolute atomic E-state index is 12.9. The maximum Gasteiger partial charge on any atom is 0.417 e. The molecule has 0 aliphatic carbocycles. The standard InChI is InChI=1S/C14H9F3O2/c15-14(16,17)12-7-2-1-6-11(12)9-4-3-5-10(8-9)13(18)19/h1-8H,(H,18,19). The first-order valence-corrected chi connectivity index (χ1v) is 5.39. The molecule has 0 atom stereocenters. The normalized spacial score (nSPS) is 11.3. The summed E-state index contributed by atoms with van der Waals surface area (Å²) in [6.07, 6.45) is -4.48. The van der Waals surface area contributed by atoms with E-state index in [2.05, 4.69) is 0 Å². The van der Waals surface area contributed by atoms with E-state index >= 15 is 0 Å². The summed E-state index contributed by atoms with van der Waals surface area (Å²) in [6.45, 7) is 0. The lowest BCUT2D eigenvalue weighted by atomic mass is 9.98. The van der Waals surface area contributed by atoms with Gasteiger partial charge in [0, 0.05) is 0 Å². The molecule has 0 amide bonds. The summed E-state index contributed by atoms with van der Waals surface area (Å²) >= 11 is 0. The SMILES string of the molecule is O=C(O)c1cccc(-c2ccccc2C(F)(F)F)c1. The molecule has 0 radical (unpaired) electrons. The topological polar surface area (TPSA) is 37.3 Å². The number of hydrogen-bond donors (Lipinski definition) is 1. The predicted molar refractivity (Wildman–Crippen MR) is 63.8 cm³/mol. The van der Waals surface area contributed by atoms with Gasteiger partial charge in [-0.05, 0) is 29.3 Å². The molecule has 2 nitrogen and oxygen atoms in total. The summed E-state index contributed by atoms with van der Waals surface area (Å²) in [5.74, 6) is -1.17. The van der Waals surface area contributed by atoms with Crippen molar-refractivity contribution in [2.75, 3.05) is 0 Å². The van der Waals surface area contributed by atoms with E-state index in [0.29, 0.717) is 0 Å². The van der Waals surface area contributed by atoms with E-state index in [1.165, 1.54) is 42.5 Å². The van der Waals surface area contributed by atoms with E-state index < -0.39 is 17.7 Å². The van der Waals surface area contributed by atoms with Gasteiger partial charge in [-0.25, -0.2) is 4.79 Å². The molecule has 0 aliphatic rings. The molecule has 0 heterocycles. The van der Waals surface area contributed by atoms with E-state index in [-0.39, 0.29) is 16.7 Å². The van der Waals surface area contributed by atoms with Gasteiger partial charge in [-0.2, -0.15) is 13.2 Å². The lowest BCUT2D eigenvalue weighted by molar-refractivity contribution is -0.137. The quantitative estimate of drug-likeness (QED) is 0.889. The van der Waals surface area contributed by atoms with Gasteiger partial charge in [0.2, 0.25) is 0 Å². The fourth-order valence-corrected chi connectivity index (χ4v) is 1.80. The van der Waals surface area contributed by atoms with E-state index in [0.717, 1.165) is 6.07 Å². The van der Waals surface area contributed by atoms with Gasteiger partial charge in [0.1, 0.15) is 0 Å².